The Labute approximate surface area is 91.2 Å². The van der Waals surface area contributed by atoms with Gasteiger partial charge < -0.3 is 10.8 Å². The van der Waals surface area contributed by atoms with Gasteiger partial charge in [-0.05, 0) is 13.8 Å². The first-order valence-electron chi connectivity index (χ1n) is 5.13. The van der Waals surface area contributed by atoms with Crippen molar-refractivity contribution in [1.29, 1.82) is 0 Å². The molecule has 0 radical (unpaired) electrons. The molecule has 90 valence electrons. The van der Waals surface area contributed by atoms with E-state index in [0.29, 0.717) is 13.1 Å². The summed E-state index contributed by atoms with van der Waals surface area (Å²) in [4.78, 5) is 1.98. The van der Waals surface area contributed by atoms with E-state index in [4.69, 9.17) is 5.73 Å². The summed E-state index contributed by atoms with van der Waals surface area (Å²) in [6.45, 7) is 4.63. The van der Waals surface area contributed by atoms with Crippen LogP contribution in [0, 0.1) is 0 Å². The monoisotopic (exact) mass is 236 g/mol. The van der Waals surface area contributed by atoms with E-state index < -0.39 is 15.4 Å². The average molecular weight is 236 g/mol. The summed E-state index contributed by atoms with van der Waals surface area (Å²) in [6, 6.07) is -0.0400. The van der Waals surface area contributed by atoms with Crippen LogP contribution in [0.3, 0.4) is 0 Å². The minimum atomic E-state index is -2.88. The maximum Gasteiger partial charge on any atom is 0.153 e. The van der Waals surface area contributed by atoms with Gasteiger partial charge in [-0.3, -0.25) is 4.90 Å². The fraction of sp³-hybridized carbons (Fsp3) is 1.00. The summed E-state index contributed by atoms with van der Waals surface area (Å²) in [6.07, 6.45) is 0. The SMILES string of the molecule is CC1CS(=O)(=O)CCN1CC(C)(O)CN. The van der Waals surface area contributed by atoms with E-state index in [-0.39, 0.29) is 24.1 Å². The first kappa shape index (κ1) is 12.9. The Balaban J connectivity index is 2.60. The number of rotatable bonds is 3. The standard InChI is InChI=1S/C9H20N2O3S/c1-8-5-15(13,14)4-3-11(8)7-9(2,12)6-10/h8,12H,3-7,10H2,1-2H3. The molecule has 3 N–H and O–H groups in total. The molecule has 1 heterocycles. The number of hydrogen-bond acceptors (Lipinski definition) is 5. The smallest absolute Gasteiger partial charge is 0.153 e. The molecule has 5 nitrogen and oxygen atoms in total. The Morgan fingerprint density at radius 1 is 1.60 bits per heavy atom. The van der Waals surface area contributed by atoms with E-state index in [0.717, 1.165) is 0 Å². The van der Waals surface area contributed by atoms with Crippen LogP contribution in [-0.4, -0.2) is 61.2 Å². The molecule has 0 aromatic heterocycles. The van der Waals surface area contributed by atoms with E-state index in [1.807, 2.05) is 11.8 Å². The second-order valence-electron chi connectivity index (χ2n) is 4.63. The fourth-order valence-electron chi connectivity index (χ4n) is 1.77. The van der Waals surface area contributed by atoms with Crippen molar-refractivity contribution in [1.82, 2.24) is 4.90 Å². The molecule has 0 aliphatic carbocycles. The maximum atomic E-state index is 11.3. The molecule has 2 atom stereocenters. The lowest BCUT2D eigenvalue weighted by Gasteiger charge is -2.37. The zero-order valence-corrected chi connectivity index (χ0v) is 10.1. The topological polar surface area (TPSA) is 83.6 Å². The van der Waals surface area contributed by atoms with Crippen molar-refractivity contribution in [2.45, 2.75) is 25.5 Å². The number of nitrogens with two attached hydrogens (primary N) is 1. The summed E-state index contributed by atoms with van der Waals surface area (Å²) in [7, 11) is -2.88. The molecule has 1 fully saturated rings. The Morgan fingerprint density at radius 2 is 2.20 bits per heavy atom. The molecule has 0 aromatic carbocycles. The minimum Gasteiger partial charge on any atom is -0.388 e. The number of aliphatic hydroxyl groups is 1. The molecular weight excluding hydrogens is 216 g/mol. The number of hydrogen-bond donors (Lipinski definition) is 2. The van der Waals surface area contributed by atoms with Crippen molar-refractivity contribution in [3.8, 4) is 0 Å². The molecule has 0 amide bonds. The highest BCUT2D eigenvalue weighted by Gasteiger charge is 2.32. The highest BCUT2D eigenvalue weighted by atomic mass is 32.2. The Hall–Kier alpha value is -0.170. The quantitative estimate of drug-likeness (QED) is 0.644. The molecule has 1 aliphatic rings. The fourth-order valence-corrected chi connectivity index (χ4v) is 3.40. The number of β-amino-alcohol motifs (C(OH)–C–C–N with tert-alkyl or cyclic N) is 1. The maximum absolute atomic E-state index is 11.3. The van der Waals surface area contributed by atoms with Crippen molar-refractivity contribution in [2.24, 2.45) is 5.73 Å². The van der Waals surface area contributed by atoms with Crippen LogP contribution in [0.15, 0.2) is 0 Å². The van der Waals surface area contributed by atoms with E-state index in [9.17, 15) is 13.5 Å². The molecule has 0 aromatic rings. The van der Waals surface area contributed by atoms with Crippen LogP contribution in [0.4, 0.5) is 0 Å². The second kappa shape index (κ2) is 4.37. The normalized spacial score (nSPS) is 31.1. The van der Waals surface area contributed by atoms with E-state index in [1.54, 1.807) is 6.92 Å². The van der Waals surface area contributed by atoms with Crippen LogP contribution in [0.5, 0.6) is 0 Å². The Bertz CT molecular complexity index is 313. The molecule has 15 heavy (non-hydrogen) atoms. The summed E-state index contributed by atoms with van der Waals surface area (Å²) in [5.74, 6) is 0.353. The molecule has 2 unspecified atom stereocenters. The van der Waals surface area contributed by atoms with Crippen molar-refractivity contribution < 1.29 is 13.5 Å². The van der Waals surface area contributed by atoms with Crippen molar-refractivity contribution in [3.05, 3.63) is 0 Å². The Kier molecular flexibility index (Phi) is 3.76. The van der Waals surface area contributed by atoms with Gasteiger partial charge in [-0.25, -0.2) is 8.42 Å². The first-order valence-corrected chi connectivity index (χ1v) is 6.95. The van der Waals surface area contributed by atoms with Crippen LogP contribution < -0.4 is 5.73 Å². The lowest BCUT2D eigenvalue weighted by atomic mass is 10.1. The largest absolute Gasteiger partial charge is 0.388 e. The average Bonchev–Trinajstić information content (AvgIpc) is 2.09. The van der Waals surface area contributed by atoms with Gasteiger partial charge in [0.05, 0.1) is 17.1 Å². The van der Waals surface area contributed by atoms with E-state index >= 15 is 0 Å². The predicted molar refractivity (Wildman–Crippen MR) is 59.4 cm³/mol. The molecule has 0 bridgehead atoms. The number of nitrogens with zero attached hydrogens (tertiary/aromatic N) is 1. The van der Waals surface area contributed by atoms with Gasteiger partial charge in [0.25, 0.3) is 0 Å². The molecule has 1 saturated heterocycles. The molecule has 0 saturated carbocycles. The molecule has 1 rings (SSSR count). The zero-order chi connectivity index (χ0) is 11.7. The lowest BCUT2D eigenvalue weighted by Crippen LogP contribution is -2.54. The van der Waals surface area contributed by atoms with Gasteiger partial charge in [0.1, 0.15) is 0 Å². The highest BCUT2D eigenvalue weighted by molar-refractivity contribution is 7.91. The Morgan fingerprint density at radius 3 is 2.67 bits per heavy atom. The van der Waals surface area contributed by atoms with Crippen molar-refractivity contribution in [3.63, 3.8) is 0 Å². The molecule has 6 heteroatoms. The van der Waals surface area contributed by atoms with Crippen molar-refractivity contribution >= 4 is 9.84 Å². The first-order chi connectivity index (χ1) is 6.76. The lowest BCUT2D eigenvalue weighted by molar-refractivity contribution is 0.0186. The predicted octanol–water partition coefficient (Wildman–Crippen LogP) is -1.18. The third-order valence-corrected chi connectivity index (χ3v) is 4.59. The summed E-state index contributed by atoms with van der Waals surface area (Å²) in [5, 5.41) is 9.81. The van der Waals surface area contributed by atoms with Crippen LogP contribution in [0.1, 0.15) is 13.8 Å². The highest BCUT2D eigenvalue weighted by Crippen LogP contribution is 2.14. The molecular formula is C9H20N2O3S. The minimum absolute atomic E-state index is 0.0400. The van der Waals surface area contributed by atoms with Gasteiger partial charge in [0, 0.05) is 25.7 Å². The van der Waals surface area contributed by atoms with E-state index in [2.05, 4.69) is 0 Å². The van der Waals surface area contributed by atoms with E-state index in [1.165, 1.54) is 0 Å². The second-order valence-corrected chi connectivity index (χ2v) is 6.86. The van der Waals surface area contributed by atoms with Crippen LogP contribution in [-0.2, 0) is 9.84 Å². The van der Waals surface area contributed by atoms with Crippen LogP contribution >= 0.6 is 0 Å². The third-order valence-electron chi connectivity index (χ3n) is 2.79. The third kappa shape index (κ3) is 3.71. The van der Waals surface area contributed by atoms with Gasteiger partial charge in [-0.2, -0.15) is 0 Å². The summed E-state index contributed by atoms with van der Waals surface area (Å²) < 4.78 is 22.7. The van der Waals surface area contributed by atoms with Gasteiger partial charge in [-0.1, -0.05) is 0 Å². The van der Waals surface area contributed by atoms with Crippen molar-refractivity contribution in [2.75, 3.05) is 31.1 Å². The zero-order valence-electron chi connectivity index (χ0n) is 9.31. The summed E-state index contributed by atoms with van der Waals surface area (Å²) >= 11 is 0. The molecule has 0 spiro atoms. The van der Waals surface area contributed by atoms with Gasteiger partial charge in [-0.15, -0.1) is 0 Å². The molecule has 1 aliphatic heterocycles. The number of sulfone groups is 1. The summed E-state index contributed by atoms with van der Waals surface area (Å²) in [5.41, 5.74) is 4.49. The van der Waals surface area contributed by atoms with Crippen LogP contribution in [0.2, 0.25) is 0 Å². The van der Waals surface area contributed by atoms with Gasteiger partial charge in [0.2, 0.25) is 0 Å². The van der Waals surface area contributed by atoms with Gasteiger partial charge in [0.15, 0.2) is 9.84 Å². The van der Waals surface area contributed by atoms with Crippen LogP contribution in [0.25, 0.3) is 0 Å². The van der Waals surface area contributed by atoms with Gasteiger partial charge >= 0.3 is 0 Å².